The lowest BCUT2D eigenvalue weighted by Crippen LogP contribution is -2.12. The Morgan fingerprint density at radius 3 is 2.62 bits per heavy atom. The first-order chi connectivity index (χ1) is 11.8. The Bertz CT molecular complexity index is 815. The number of para-hydroxylation sites is 2. The van der Waals surface area contributed by atoms with Crippen LogP contribution in [-0.2, 0) is 11.2 Å². The van der Waals surface area contributed by atoms with Crippen molar-refractivity contribution in [1.82, 2.24) is 10.2 Å². The second-order valence-electron chi connectivity index (χ2n) is 5.12. The number of carbonyl (C=O) groups is 1. The maximum absolute atomic E-state index is 11.9. The molecule has 6 nitrogen and oxygen atoms in total. The summed E-state index contributed by atoms with van der Waals surface area (Å²) in [5, 5.41) is 10.8. The molecule has 0 unspecified atom stereocenters. The fraction of sp³-hybridized carbons (Fsp3) is 0.167. The molecule has 3 aromatic rings. The molecule has 1 amide bonds. The van der Waals surface area contributed by atoms with Gasteiger partial charge in [-0.15, -0.1) is 10.2 Å². The van der Waals surface area contributed by atoms with Crippen molar-refractivity contribution < 1.29 is 13.9 Å². The number of hydrogen-bond donors (Lipinski definition) is 1. The largest absolute Gasteiger partial charge is 0.496 e. The third kappa shape index (κ3) is 3.78. The van der Waals surface area contributed by atoms with Gasteiger partial charge < -0.3 is 14.5 Å². The molecular weight excluding hydrogens is 306 g/mol. The smallest absolute Gasteiger partial charge is 0.251 e. The first-order valence-electron chi connectivity index (χ1n) is 7.57. The molecule has 24 heavy (non-hydrogen) atoms. The van der Waals surface area contributed by atoms with E-state index in [1.165, 1.54) is 0 Å². The van der Waals surface area contributed by atoms with Crippen LogP contribution in [0.15, 0.2) is 59.0 Å². The second kappa shape index (κ2) is 7.41. The van der Waals surface area contributed by atoms with E-state index in [4.69, 9.17) is 9.15 Å². The molecule has 1 aromatic heterocycles. The highest BCUT2D eigenvalue weighted by Crippen LogP contribution is 2.28. The first kappa shape index (κ1) is 15.7. The van der Waals surface area contributed by atoms with Crippen molar-refractivity contribution in [2.75, 3.05) is 12.4 Å². The van der Waals surface area contributed by atoms with E-state index >= 15 is 0 Å². The first-order valence-corrected chi connectivity index (χ1v) is 7.57. The van der Waals surface area contributed by atoms with Crippen LogP contribution in [-0.4, -0.2) is 23.2 Å². The molecule has 1 heterocycles. The number of nitrogens with one attached hydrogen (secondary N) is 1. The number of rotatable bonds is 6. The molecular formula is C18H17N3O3. The molecule has 2 aromatic carbocycles. The number of benzene rings is 2. The molecule has 122 valence electrons. The van der Waals surface area contributed by atoms with Gasteiger partial charge in [0.25, 0.3) is 5.89 Å². The van der Waals surface area contributed by atoms with Crippen molar-refractivity contribution >= 4 is 11.6 Å². The molecule has 0 saturated carbocycles. The van der Waals surface area contributed by atoms with Crippen LogP contribution in [0.2, 0.25) is 0 Å². The molecule has 1 N–H and O–H groups in total. The molecule has 0 fully saturated rings. The summed E-state index contributed by atoms with van der Waals surface area (Å²) < 4.78 is 10.9. The SMILES string of the molecule is COc1ccccc1-c1nnc(CCC(=O)Nc2ccccc2)o1. The quantitative estimate of drug-likeness (QED) is 0.753. The van der Waals surface area contributed by atoms with Crippen LogP contribution in [0.3, 0.4) is 0 Å². The van der Waals surface area contributed by atoms with Gasteiger partial charge in [-0.25, -0.2) is 0 Å². The number of aryl methyl sites for hydroxylation is 1. The Morgan fingerprint density at radius 2 is 1.83 bits per heavy atom. The van der Waals surface area contributed by atoms with E-state index in [1.807, 2.05) is 54.6 Å². The number of anilines is 1. The monoisotopic (exact) mass is 323 g/mol. The van der Waals surface area contributed by atoms with Crippen LogP contribution in [0.25, 0.3) is 11.5 Å². The number of hydrogen-bond acceptors (Lipinski definition) is 5. The van der Waals surface area contributed by atoms with Gasteiger partial charge in [0.05, 0.1) is 12.7 Å². The van der Waals surface area contributed by atoms with Gasteiger partial charge in [-0.1, -0.05) is 30.3 Å². The molecule has 0 atom stereocenters. The fourth-order valence-corrected chi connectivity index (χ4v) is 2.25. The summed E-state index contributed by atoms with van der Waals surface area (Å²) in [4.78, 5) is 11.9. The maximum atomic E-state index is 11.9. The van der Waals surface area contributed by atoms with E-state index < -0.39 is 0 Å². The van der Waals surface area contributed by atoms with Gasteiger partial charge in [-0.2, -0.15) is 0 Å². The number of amides is 1. The Labute approximate surface area is 139 Å². The summed E-state index contributed by atoms with van der Waals surface area (Å²) in [6, 6.07) is 16.7. The summed E-state index contributed by atoms with van der Waals surface area (Å²) in [6.07, 6.45) is 0.642. The van der Waals surface area contributed by atoms with Gasteiger partial charge in [0.2, 0.25) is 11.8 Å². The Morgan fingerprint density at radius 1 is 1.08 bits per heavy atom. The van der Waals surface area contributed by atoms with Crippen LogP contribution in [0.5, 0.6) is 5.75 Å². The van der Waals surface area contributed by atoms with Crippen molar-refractivity contribution in [2.24, 2.45) is 0 Å². The van der Waals surface area contributed by atoms with Gasteiger partial charge >= 0.3 is 0 Å². The molecule has 3 rings (SSSR count). The molecule has 0 spiro atoms. The Hall–Kier alpha value is -3.15. The number of ether oxygens (including phenoxy) is 1. The number of methoxy groups -OCH3 is 1. The van der Waals surface area contributed by atoms with Crippen molar-refractivity contribution in [3.8, 4) is 17.2 Å². The van der Waals surface area contributed by atoms with Gasteiger partial charge in [-0.05, 0) is 24.3 Å². The normalized spacial score (nSPS) is 10.4. The summed E-state index contributed by atoms with van der Waals surface area (Å²) >= 11 is 0. The standard InChI is InChI=1S/C18H17N3O3/c1-23-15-10-6-5-9-14(15)18-21-20-17(24-18)12-11-16(22)19-13-7-3-2-4-8-13/h2-10H,11-12H2,1H3,(H,19,22). The van der Waals surface area contributed by atoms with Gasteiger partial charge in [0.1, 0.15) is 5.75 Å². The van der Waals surface area contributed by atoms with Gasteiger partial charge in [0.15, 0.2) is 0 Å². The van der Waals surface area contributed by atoms with Crippen molar-refractivity contribution in [1.29, 1.82) is 0 Å². The summed E-state index contributed by atoms with van der Waals surface area (Å²) in [7, 11) is 1.59. The van der Waals surface area contributed by atoms with Crippen LogP contribution in [0.4, 0.5) is 5.69 Å². The summed E-state index contributed by atoms with van der Waals surface area (Å²) in [5.74, 6) is 1.36. The second-order valence-corrected chi connectivity index (χ2v) is 5.12. The van der Waals surface area contributed by atoms with E-state index in [2.05, 4.69) is 15.5 Å². The lowest BCUT2D eigenvalue weighted by atomic mass is 10.2. The predicted octanol–water partition coefficient (Wildman–Crippen LogP) is 3.32. The van der Waals surface area contributed by atoms with Crippen LogP contribution in [0.1, 0.15) is 12.3 Å². The van der Waals surface area contributed by atoms with Crippen LogP contribution < -0.4 is 10.1 Å². The van der Waals surface area contributed by atoms with E-state index in [0.717, 1.165) is 11.3 Å². The number of nitrogens with zero attached hydrogens (tertiary/aromatic N) is 2. The molecule has 0 aliphatic rings. The number of aromatic nitrogens is 2. The fourth-order valence-electron chi connectivity index (χ4n) is 2.25. The van der Waals surface area contributed by atoms with E-state index in [1.54, 1.807) is 7.11 Å². The van der Waals surface area contributed by atoms with Crippen LogP contribution in [0, 0.1) is 0 Å². The summed E-state index contributed by atoms with van der Waals surface area (Å²) in [6.45, 7) is 0. The van der Waals surface area contributed by atoms with Crippen molar-refractivity contribution in [2.45, 2.75) is 12.8 Å². The van der Waals surface area contributed by atoms with Crippen LogP contribution >= 0.6 is 0 Å². The highest BCUT2D eigenvalue weighted by atomic mass is 16.5. The lowest BCUT2D eigenvalue weighted by Gasteiger charge is -2.04. The van der Waals surface area contributed by atoms with E-state index in [9.17, 15) is 4.79 Å². The van der Waals surface area contributed by atoms with E-state index in [-0.39, 0.29) is 12.3 Å². The zero-order chi connectivity index (χ0) is 16.8. The zero-order valence-corrected chi connectivity index (χ0v) is 13.2. The van der Waals surface area contributed by atoms with Crippen molar-refractivity contribution in [3.63, 3.8) is 0 Å². The maximum Gasteiger partial charge on any atom is 0.251 e. The highest BCUT2D eigenvalue weighted by molar-refractivity contribution is 5.90. The highest BCUT2D eigenvalue weighted by Gasteiger charge is 2.13. The zero-order valence-electron chi connectivity index (χ0n) is 13.2. The third-order valence-corrected chi connectivity index (χ3v) is 3.43. The molecule has 6 heteroatoms. The molecule has 0 aliphatic heterocycles. The van der Waals surface area contributed by atoms with Gasteiger partial charge in [-0.3, -0.25) is 4.79 Å². The minimum Gasteiger partial charge on any atom is -0.496 e. The Balaban J connectivity index is 1.61. The molecule has 0 bridgehead atoms. The topological polar surface area (TPSA) is 77.2 Å². The minimum atomic E-state index is -0.0989. The molecule has 0 saturated heterocycles. The Kier molecular flexibility index (Phi) is 4.86. The number of carbonyl (C=O) groups excluding carboxylic acids is 1. The average Bonchev–Trinajstić information content (AvgIpc) is 3.09. The molecule has 0 aliphatic carbocycles. The van der Waals surface area contributed by atoms with E-state index in [0.29, 0.717) is 24.0 Å². The minimum absolute atomic E-state index is 0.0989. The summed E-state index contributed by atoms with van der Waals surface area (Å²) in [5.41, 5.74) is 1.50. The predicted molar refractivity (Wildman–Crippen MR) is 89.7 cm³/mol. The average molecular weight is 323 g/mol. The van der Waals surface area contributed by atoms with Crippen molar-refractivity contribution in [3.05, 3.63) is 60.5 Å². The third-order valence-electron chi connectivity index (χ3n) is 3.43. The van der Waals surface area contributed by atoms with Gasteiger partial charge in [0, 0.05) is 18.5 Å². The molecule has 0 radical (unpaired) electrons. The lowest BCUT2D eigenvalue weighted by molar-refractivity contribution is -0.116.